The van der Waals surface area contributed by atoms with Crippen LogP contribution in [0.2, 0.25) is 0 Å². The van der Waals surface area contributed by atoms with Crippen molar-refractivity contribution in [2.45, 2.75) is 36.2 Å². The summed E-state index contributed by atoms with van der Waals surface area (Å²) in [4.78, 5) is 0. The van der Waals surface area contributed by atoms with Crippen molar-refractivity contribution in [3.63, 3.8) is 0 Å². The van der Waals surface area contributed by atoms with Gasteiger partial charge in [0.05, 0.1) is 5.38 Å². The van der Waals surface area contributed by atoms with Crippen LogP contribution in [0.15, 0.2) is 30.3 Å². The number of hydrogen-bond acceptors (Lipinski definition) is 0. The van der Waals surface area contributed by atoms with Gasteiger partial charge in [-0.15, -0.1) is 11.6 Å². The standard InChI is InChI=1S/C13H10ClF9/c1-7(9(14)8-5-3-2-4-6-8)10(15,16)11(17,18)12(19,20)13(21,22)23/h2-7,9H,1H3. The molecule has 0 aliphatic carbocycles. The maximum absolute atomic E-state index is 13.7. The number of benzene rings is 1. The lowest BCUT2D eigenvalue weighted by Gasteiger charge is -2.37. The van der Waals surface area contributed by atoms with Crippen LogP contribution in [0.5, 0.6) is 0 Å². The second-order valence-corrected chi connectivity index (χ2v) is 5.34. The van der Waals surface area contributed by atoms with E-state index in [9.17, 15) is 39.5 Å². The molecule has 0 fully saturated rings. The summed E-state index contributed by atoms with van der Waals surface area (Å²) in [7, 11) is 0. The van der Waals surface area contributed by atoms with Gasteiger partial charge in [-0.3, -0.25) is 0 Å². The Labute approximate surface area is 130 Å². The summed E-state index contributed by atoms with van der Waals surface area (Å²) in [5.41, 5.74) is -0.118. The van der Waals surface area contributed by atoms with E-state index in [1.165, 1.54) is 18.2 Å². The van der Waals surface area contributed by atoms with Crippen LogP contribution in [0.25, 0.3) is 0 Å². The Balaban J connectivity index is 3.23. The second kappa shape index (κ2) is 6.07. The van der Waals surface area contributed by atoms with Crippen molar-refractivity contribution < 1.29 is 39.5 Å². The molecule has 0 nitrogen and oxygen atoms in total. The molecule has 2 atom stereocenters. The molecule has 132 valence electrons. The van der Waals surface area contributed by atoms with Crippen LogP contribution in [-0.4, -0.2) is 23.9 Å². The molecule has 23 heavy (non-hydrogen) atoms. The molecule has 0 amide bonds. The first-order valence-corrected chi connectivity index (χ1v) is 6.50. The zero-order chi connectivity index (χ0) is 18.3. The minimum Gasteiger partial charge on any atom is -0.199 e. The predicted octanol–water partition coefficient (Wildman–Crippen LogP) is 6.07. The molecule has 0 aliphatic rings. The van der Waals surface area contributed by atoms with Gasteiger partial charge in [0, 0.05) is 5.92 Å². The zero-order valence-electron chi connectivity index (χ0n) is 11.3. The summed E-state index contributed by atoms with van der Waals surface area (Å²) in [5.74, 6) is -22.0. The smallest absolute Gasteiger partial charge is 0.199 e. The summed E-state index contributed by atoms with van der Waals surface area (Å²) in [6.07, 6.45) is -6.84. The third kappa shape index (κ3) is 3.25. The lowest BCUT2D eigenvalue weighted by molar-refractivity contribution is -0.402. The molecule has 0 aromatic heterocycles. The van der Waals surface area contributed by atoms with Crippen molar-refractivity contribution >= 4 is 11.6 Å². The molecule has 1 rings (SSSR count). The highest BCUT2D eigenvalue weighted by atomic mass is 35.5. The SMILES string of the molecule is CC(C(Cl)c1ccccc1)C(F)(F)C(F)(F)C(F)(F)C(F)(F)F. The van der Waals surface area contributed by atoms with Crippen LogP contribution >= 0.6 is 11.6 Å². The maximum Gasteiger partial charge on any atom is 0.460 e. The Bertz CT molecular complexity index is 524. The summed E-state index contributed by atoms with van der Waals surface area (Å²) >= 11 is 5.57. The van der Waals surface area contributed by atoms with Crippen molar-refractivity contribution in [2.75, 3.05) is 0 Å². The van der Waals surface area contributed by atoms with Crippen LogP contribution in [0.3, 0.4) is 0 Å². The van der Waals surface area contributed by atoms with Crippen LogP contribution in [-0.2, 0) is 0 Å². The van der Waals surface area contributed by atoms with Crippen LogP contribution in [0.1, 0.15) is 17.9 Å². The molecule has 10 heteroatoms. The Morgan fingerprint density at radius 1 is 0.783 bits per heavy atom. The average molecular weight is 373 g/mol. The normalized spacial score (nSPS) is 17.0. The summed E-state index contributed by atoms with van der Waals surface area (Å²) in [6.45, 7) is 0.380. The van der Waals surface area contributed by atoms with E-state index in [1.54, 1.807) is 0 Å². The summed E-state index contributed by atoms with van der Waals surface area (Å²) in [5, 5.41) is -1.90. The zero-order valence-corrected chi connectivity index (χ0v) is 12.1. The van der Waals surface area contributed by atoms with Gasteiger partial charge < -0.3 is 0 Å². The van der Waals surface area contributed by atoms with Crippen molar-refractivity contribution in [2.24, 2.45) is 5.92 Å². The van der Waals surface area contributed by atoms with Gasteiger partial charge in [-0.2, -0.15) is 39.5 Å². The monoisotopic (exact) mass is 372 g/mol. The Hall–Kier alpha value is -1.12. The molecule has 0 heterocycles. The van der Waals surface area contributed by atoms with Gasteiger partial charge in [0.1, 0.15) is 0 Å². The van der Waals surface area contributed by atoms with E-state index < -0.39 is 35.2 Å². The molecule has 2 unspecified atom stereocenters. The van der Waals surface area contributed by atoms with Crippen LogP contribution in [0, 0.1) is 5.92 Å². The van der Waals surface area contributed by atoms with Crippen molar-refractivity contribution in [1.29, 1.82) is 0 Å². The largest absolute Gasteiger partial charge is 0.460 e. The highest BCUT2D eigenvalue weighted by Crippen LogP contribution is 2.57. The fourth-order valence-corrected chi connectivity index (χ4v) is 2.09. The lowest BCUT2D eigenvalue weighted by atomic mass is 9.88. The van der Waals surface area contributed by atoms with E-state index in [0.29, 0.717) is 6.92 Å². The maximum atomic E-state index is 13.7. The molecule has 0 N–H and O–H groups in total. The molecular weight excluding hydrogens is 363 g/mol. The van der Waals surface area contributed by atoms with Gasteiger partial charge in [0.15, 0.2) is 0 Å². The summed E-state index contributed by atoms with van der Waals surface area (Å²) in [6, 6.07) is 6.40. The van der Waals surface area contributed by atoms with E-state index in [0.717, 1.165) is 12.1 Å². The number of halogens is 10. The number of rotatable bonds is 5. The van der Waals surface area contributed by atoms with E-state index in [2.05, 4.69) is 0 Å². The quantitative estimate of drug-likeness (QED) is 0.434. The molecule has 0 saturated carbocycles. The van der Waals surface area contributed by atoms with Gasteiger partial charge in [-0.05, 0) is 5.56 Å². The first-order valence-electron chi connectivity index (χ1n) is 6.07. The predicted molar refractivity (Wildman–Crippen MR) is 65.1 cm³/mol. The number of alkyl halides is 10. The van der Waals surface area contributed by atoms with Gasteiger partial charge in [0.2, 0.25) is 0 Å². The molecule has 1 aromatic rings. The highest BCUT2D eigenvalue weighted by molar-refractivity contribution is 6.21. The lowest BCUT2D eigenvalue weighted by Crippen LogP contribution is -2.63. The third-order valence-electron chi connectivity index (χ3n) is 3.30. The van der Waals surface area contributed by atoms with Crippen molar-refractivity contribution in [3.05, 3.63) is 35.9 Å². The molecule has 0 aliphatic heterocycles. The van der Waals surface area contributed by atoms with Crippen LogP contribution in [0.4, 0.5) is 39.5 Å². The molecule has 0 radical (unpaired) electrons. The molecule has 0 spiro atoms. The van der Waals surface area contributed by atoms with E-state index in [4.69, 9.17) is 11.6 Å². The Kier molecular flexibility index (Phi) is 5.26. The molecule has 0 bridgehead atoms. The average Bonchev–Trinajstić information content (AvgIpc) is 2.44. The van der Waals surface area contributed by atoms with Crippen LogP contribution < -0.4 is 0 Å². The van der Waals surface area contributed by atoms with E-state index in [-0.39, 0.29) is 5.56 Å². The van der Waals surface area contributed by atoms with Crippen molar-refractivity contribution in [3.8, 4) is 0 Å². The van der Waals surface area contributed by atoms with Crippen molar-refractivity contribution in [1.82, 2.24) is 0 Å². The topological polar surface area (TPSA) is 0 Å². The van der Waals surface area contributed by atoms with Gasteiger partial charge in [-0.25, -0.2) is 0 Å². The second-order valence-electron chi connectivity index (χ2n) is 4.87. The number of hydrogen-bond donors (Lipinski definition) is 0. The van der Waals surface area contributed by atoms with E-state index in [1.807, 2.05) is 0 Å². The third-order valence-corrected chi connectivity index (χ3v) is 3.93. The minimum absolute atomic E-state index is 0.118. The minimum atomic E-state index is -6.91. The Morgan fingerprint density at radius 2 is 1.22 bits per heavy atom. The summed E-state index contributed by atoms with van der Waals surface area (Å²) < 4.78 is 116. The first kappa shape index (κ1) is 19.9. The molecule has 1 aromatic carbocycles. The van der Waals surface area contributed by atoms with Gasteiger partial charge >= 0.3 is 23.9 Å². The van der Waals surface area contributed by atoms with Gasteiger partial charge in [0.25, 0.3) is 0 Å². The molecular formula is C13H10ClF9. The Morgan fingerprint density at radius 3 is 1.61 bits per heavy atom. The van der Waals surface area contributed by atoms with Gasteiger partial charge in [-0.1, -0.05) is 37.3 Å². The highest BCUT2D eigenvalue weighted by Gasteiger charge is 2.82. The fraction of sp³-hybridized carbons (Fsp3) is 0.538. The molecule has 0 saturated heterocycles. The first-order chi connectivity index (χ1) is 10.2. The van der Waals surface area contributed by atoms with E-state index >= 15 is 0 Å². The fourth-order valence-electron chi connectivity index (χ4n) is 1.78.